The van der Waals surface area contributed by atoms with Crippen molar-refractivity contribution in [2.24, 2.45) is 0 Å². The van der Waals surface area contributed by atoms with Crippen LogP contribution in [-0.2, 0) is 0 Å². The molecule has 4 heteroatoms. The monoisotopic (exact) mass is 301 g/mol. The van der Waals surface area contributed by atoms with E-state index in [9.17, 15) is 4.39 Å². The zero-order valence-electron chi connectivity index (χ0n) is 9.72. The molecule has 0 unspecified atom stereocenters. The van der Waals surface area contributed by atoms with Crippen molar-refractivity contribution >= 4 is 15.9 Å². The average molecular weight is 302 g/mol. The minimum atomic E-state index is -0.309. The Morgan fingerprint density at radius 1 is 1.41 bits per heavy atom. The first-order chi connectivity index (χ1) is 8.25. The van der Waals surface area contributed by atoms with Gasteiger partial charge >= 0.3 is 0 Å². The van der Waals surface area contributed by atoms with Crippen LogP contribution >= 0.6 is 15.9 Å². The molecular weight excluding hydrogens is 285 g/mol. The Morgan fingerprint density at radius 2 is 2.29 bits per heavy atom. The third kappa shape index (κ3) is 3.96. The van der Waals surface area contributed by atoms with E-state index < -0.39 is 0 Å². The van der Waals surface area contributed by atoms with Crippen molar-refractivity contribution in [3.05, 3.63) is 28.5 Å². The highest BCUT2D eigenvalue weighted by atomic mass is 79.9. The molecule has 0 bridgehead atoms. The number of ether oxygens (including phenoxy) is 1. The minimum Gasteiger partial charge on any atom is -0.490 e. The molecule has 0 aromatic heterocycles. The maximum Gasteiger partial charge on any atom is 0.166 e. The Balaban J connectivity index is 1.77. The summed E-state index contributed by atoms with van der Waals surface area (Å²) in [6.45, 7) is 1.66. The Hall–Kier alpha value is -0.610. The molecule has 0 aliphatic carbocycles. The summed E-state index contributed by atoms with van der Waals surface area (Å²) in [7, 11) is 0. The lowest BCUT2D eigenvalue weighted by Gasteiger charge is -2.23. The van der Waals surface area contributed by atoms with Gasteiger partial charge in [-0.15, -0.1) is 0 Å². The van der Waals surface area contributed by atoms with E-state index in [1.807, 2.05) is 0 Å². The van der Waals surface area contributed by atoms with E-state index in [1.54, 1.807) is 12.1 Å². The van der Waals surface area contributed by atoms with E-state index in [0.29, 0.717) is 18.4 Å². The molecule has 1 fully saturated rings. The third-order valence-electron chi connectivity index (χ3n) is 3.03. The van der Waals surface area contributed by atoms with Gasteiger partial charge in [0.05, 0.1) is 6.61 Å². The number of benzene rings is 1. The van der Waals surface area contributed by atoms with Gasteiger partial charge in [0, 0.05) is 10.5 Å². The number of rotatable bonds is 4. The van der Waals surface area contributed by atoms with Gasteiger partial charge in [-0.3, -0.25) is 0 Å². The van der Waals surface area contributed by atoms with Crippen molar-refractivity contribution in [2.45, 2.75) is 31.7 Å². The number of hydrogen-bond donors (Lipinski definition) is 1. The van der Waals surface area contributed by atoms with Crippen LogP contribution in [0.2, 0.25) is 0 Å². The van der Waals surface area contributed by atoms with Gasteiger partial charge in [0.2, 0.25) is 0 Å². The lowest BCUT2D eigenvalue weighted by Crippen LogP contribution is -2.35. The largest absolute Gasteiger partial charge is 0.490 e. The van der Waals surface area contributed by atoms with Crippen molar-refractivity contribution < 1.29 is 9.13 Å². The first-order valence-corrected chi connectivity index (χ1v) is 6.86. The zero-order valence-corrected chi connectivity index (χ0v) is 11.3. The summed E-state index contributed by atoms with van der Waals surface area (Å²) in [5.41, 5.74) is 0. The summed E-state index contributed by atoms with van der Waals surface area (Å²) in [5.74, 6) is 0.0278. The zero-order chi connectivity index (χ0) is 12.1. The summed E-state index contributed by atoms with van der Waals surface area (Å²) in [4.78, 5) is 0. The quantitative estimate of drug-likeness (QED) is 0.919. The predicted octanol–water partition coefficient (Wildman–Crippen LogP) is 3.50. The molecule has 1 aliphatic rings. The first kappa shape index (κ1) is 12.8. The highest BCUT2D eigenvalue weighted by Gasteiger charge is 2.12. The second-order valence-corrected chi connectivity index (χ2v) is 5.27. The second kappa shape index (κ2) is 6.36. The van der Waals surface area contributed by atoms with Crippen LogP contribution in [0.25, 0.3) is 0 Å². The standard InChI is InChI=1S/C13H17BrFNO/c14-10-4-5-13(12(15)9-10)17-8-6-11-3-1-2-7-16-11/h4-5,9,11,16H,1-3,6-8H2/t11-/m1/s1. The normalized spacial score (nSPS) is 20.2. The number of nitrogens with one attached hydrogen (secondary N) is 1. The van der Waals surface area contributed by atoms with E-state index in [4.69, 9.17) is 4.74 Å². The topological polar surface area (TPSA) is 21.3 Å². The molecule has 17 heavy (non-hydrogen) atoms. The molecule has 1 saturated heterocycles. The summed E-state index contributed by atoms with van der Waals surface area (Å²) in [6, 6.07) is 5.40. The van der Waals surface area contributed by atoms with Gasteiger partial charge in [-0.1, -0.05) is 22.4 Å². The number of hydrogen-bond acceptors (Lipinski definition) is 2. The Kier molecular flexibility index (Phi) is 4.80. The van der Waals surface area contributed by atoms with E-state index in [-0.39, 0.29) is 5.82 Å². The van der Waals surface area contributed by atoms with Crippen LogP contribution in [0, 0.1) is 5.82 Å². The summed E-state index contributed by atoms with van der Waals surface area (Å²) < 4.78 is 19.6. The molecule has 1 heterocycles. The fourth-order valence-corrected chi connectivity index (χ4v) is 2.41. The predicted molar refractivity (Wildman–Crippen MR) is 69.9 cm³/mol. The Labute approximate surface area is 110 Å². The van der Waals surface area contributed by atoms with Gasteiger partial charge in [-0.25, -0.2) is 4.39 Å². The van der Waals surface area contributed by atoms with Crippen LogP contribution in [-0.4, -0.2) is 19.2 Å². The molecule has 0 saturated carbocycles. The van der Waals surface area contributed by atoms with Gasteiger partial charge < -0.3 is 10.1 Å². The summed E-state index contributed by atoms with van der Waals surface area (Å²) in [6.07, 6.45) is 4.69. The molecule has 0 radical (unpaired) electrons. The molecule has 94 valence electrons. The second-order valence-electron chi connectivity index (χ2n) is 4.36. The molecule has 0 spiro atoms. The number of halogens is 2. The van der Waals surface area contributed by atoms with Crippen LogP contribution in [0.4, 0.5) is 4.39 Å². The van der Waals surface area contributed by atoms with Gasteiger partial charge in [-0.2, -0.15) is 0 Å². The maximum atomic E-state index is 13.4. The molecule has 1 aromatic carbocycles. The van der Waals surface area contributed by atoms with Crippen molar-refractivity contribution in [1.82, 2.24) is 5.32 Å². The Bertz CT molecular complexity index is 366. The lowest BCUT2D eigenvalue weighted by atomic mass is 10.0. The summed E-state index contributed by atoms with van der Waals surface area (Å²) >= 11 is 3.22. The van der Waals surface area contributed by atoms with Crippen LogP contribution in [0.15, 0.2) is 22.7 Å². The molecule has 2 nitrogen and oxygen atoms in total. The van der Waals surface area contributed by atoms with Crippen LogP contribution in [0.5, 0.6) is 5.75 Å². The van der Waals surface area contributed by atoms with E-state index in [1.165, 1.54) is 25.3 Å². The summed E-state index contributed by atoms with van der Waals surface area (Å²) in [5, 5.41) is 3.45. The van der Waals surface area contributed by atoms with Crippen molar-refractivity contribution in [2.75, 3.05) is 13.2 Å². The molecule has 2 rings (SSSR count). The van der Waals surface area contributed by atoms with Crippen molar-refractivity contribution in [3.63, 3.8) is 0 Å². The SMILES string of the molecule is Fc1cc(Br)ccc1OCC[C@H]1CCCCN1. The van der Waals surface area contributed by atoms with Gasteiger partial charge in [0.15, 0.2) is 11.6 Å². The lowest BCUT2D eigenvalue weighted by molar-refractivity contribution is 0.259. The average Bonchev–Trinajstić information content (AvgIpc) is 2.33. The van der Waals surface area contributed by atoms with Crippen molar-refractivity contribution in [1.29, 1.82) is 0 Å². The van der Waals surface area contributed by atoms with Crippen molar-refractivity contribution in [3.8, 4) is 5.75 Å². The molecule has 0 amide bonds. The molecule has 1 N–H and O–H groups in total. The van der Waals surface area contributed by atoms with Gasteiger partial charge in [0.25, 0.3) is 0 Å². The minimum absolute atomic E-state index is 0.309. The Morgan fingerprint density at radius 3 is 3.00 bits per heavy atom. The van der Waals surface area contributed by atoms with E-state index >= 15 is 0 Å². The van der Waals surface area contributed by atoms with Gasteiger partial charge in [0.1, 0.15) is 0 Å². The van der Waals surface area contributed by atoms with Crippen LogP contribution in [0.1, 0.15) is 25.7 Å². The fourth-order valence-electron chi connectivity index (χ4n) is 2.07. The molecule has 1 aromatic rings. The fraction of sp³-hybridized carbons (Fsp3) is 0.538. The first-order valence-electron chi connectivity index (χ1n) is 6.07. The van der Waals surface area contributed by atoms with E-state index in [0.717, 1.165) is 17.4 Å². The highest BCUT2D eigenvalue weighted by Crippen LogP contribution is 2.21. The van der Waals surface area contributed by atoms with Gasteiger partial charge in [-0.05, 0) is 44.0 Å². The van der Waals surface area contributed by atoms with Crippen LogP contribution < -0.4 is 10.1 Å². The molecule has 1 aliphatic heterocycles. The maximum absolute atomic E-state index is 13.4. The molecular formula is C13H17BrFNO. The van der Waals surface area contributed by atoms with Crippen LogP contribution in [0.3, 0.4) is 0 Å². The number of piperidine rings is 1. The molecule has 1 atom stereocenters. The third-order valence-corrected chi connectivity index (χ3v) is 3.52. The highest BCUT2D eigenvalue weighted by molar-refractivity contribution is 9.10. The smallest absolute Gasteiger partial charge is 0.166 e. The van der Waals surface area contributed by atoms with E-state index in [2.05, 4.69) is 21.2 Å².